The fraction of sp³-hybridized carbons (Fsp3) is 0.750. The fourth-order valence-electron chi connectivity index (χ4n) is 4.52. The number of ether oxygens (including phenoxy) is 1. The lowest BCUT2D eigenvalue weighted by Crippen LogP contribution is -2.47. The molecule has 26 heavy (non-hydrogen) atoms. The van der Waals surface area contributed by atoms with E-state index < -0.39 is 0 Å². The minimum Gasteiger partial charge on any atom is -0.369 e. The average Bonchev–Trinajstić information content (AvgIpc) is 3.10. The summed E-state index contributed by atoms with van der Waals surface area (Å²) in [6, 6.07) is 2.17. The highest BCUT2D eigenvalue weighted by atomic mass is 32.1. The number of piperazine rings is 1. The number of hydrogen-bond donors (Lipinski definition) is 0. The van der Waals surface area contributed by atoms with Crippen LogP contribution in [-0.2, 0) is 16.8 Å². The first-order chi connectivity index (χ1) is 12.6. The van der Waals surface area contributed by atoms with Crippen LogP contribution in [0.25, 0.3) is 0 Å². The van der Waals surface area contributed by atoms with Crippen molar-refractivity contribution < 1.29 is 9.53 Å². The predicted molar refractivity (Wildman–Crippen MR) is 105 cm³/mol. The van der Waals surface area contributed by atoms with Gasteiger partial charge in [0.1, 0.15) is 5.60 Å². The number of likely N-dealkylation sites (N-methyl/N-ethyl adjacent to an activating group) is 1. The van der Waals surface area contributed by atoms with Crippen LogP contribution in [0.1, 0.15) is 46.3 Å². The molecule has 1 amide bonds. The second-order valence-electron chi connectivity index (χ2n) is 7.99. The number of piperidine rings is 1. The van der Waals surface area contributed by atoms with Crippen molar-refractivity contribution in [3.8, 4) is 0 Å². The van der Waals surface area contributed by atoms with Gasteiger partial charge in [0.2, 0.25) is 0 Å². The molecule has 2 saturated heterocycles. The van der Waals surface area contributed by atoms with Gasteiger partial charge >= 0.3 is 0 Å². The Morgan fingerprint density at radius 3 is 2.62 bits per heavy atom. The molecule has 4 rings (SSSR count). The van der Waals surface area contributed by atoms with Gasteiger partial charge in [-0.15, -0.1) is 11.3 Å². The molecule has 3 aliphatic heterocycles. The van der Waals surface area contributed by atoms with E-state index in [0.29, 0.717) is 0 Å². The first kappa shape index (κ1) is 18.4. The van der Waals surface area contributed by atoms with Gasteiger partial charge in [0.15, 0.2) is 0 Å². The lowest BCUT2D eigenvalue weighted by Gasteiger charge is -2.43. The molecule has 1 aromatic rings. The molecule has 1 aromatic heterocycles. The van der Waals surface area contributed by atoms with Gasteiger partial charge < -0.3 is 19.4 Å². The summed E-state index contributed by atoms with van der Waals surface area (Å²) in [6.07, 6.45) is 4.27. The highest BCUT2D eigenvalue weighted by Crippen LogP contribution is 2.45. The molecule has 0 N–H and O–H groups in total. The molecule has 0 unspecified atom stereocenters. The van der Waals surface area contributed by atoms with E-state index in [9.17, 15) is 4.79 Å². The number of nitrogens with zero attached hydrogens (tertiary/aromatic N) is 3. The van der Waals surface area contributed by atoms with Crippen LogP contribution >= 0.6 is 11.3 Å². The number of thiophene rings is 1. The standard InChI is InChI=1S/C20H31N3O2S/c1-3-7-22-8-5-20(6-9-22)18-16(4-14-25-20)15-17(26-18)19(24)23-12-10-21(2)11-13-23/h15H,3-14H2,1-2H3. The van der Waals surface area contributed by atoms with Gasteiger partial charge in [0.05, 0.1) is 11.5 Å². The fourth-order valence-corrected chi connectivity index (χ4v) is 5.90. The lowest BCUT2D eigenvalue weighted by molar-refractivity contribution is -0.0949. The summed E-state index contributed by atoms with van der Waals surface area (Å²) in [7, 11) is 2.12. The van der Waals surface area contributed by atoms with E-state index in [1.54, 1.807) is 11.3 Å². The molecule has 0 aromatic carbocycles. The number of carbonyl (C=O) groups excluding carboxylic acids is 1. The first-order valence-electron chi connectivity index (χ1n) is 10.1. The summed E-state index contributed by atoms with van der Waals surface area (Å²) in [6.45, 7) is 10.0. The molecule has 5 nitrogen and oxygen atoms in total. The van der Waals surface area contributed by atoms with E-state index in [2.05, 4.69) is 29.8 Å². The van der Waals surface area contributed by atoms with E-state index in [1.807, 2.05) is 4.90 Å². The van der Waals surface area contributed by atoms with Crippen LogP contribution in [0.4, 0.5) is 0 Å². The Labute approximate surface area is 160 Å². The van der Waals surface area contributed by atoms with Crippen molar-refractivity contribution in [2.45, 2.75) is 38.2 Å². The van der Waals surface area contributed by atoms with E-state index in [-0.39, 0.29) is 11.5 Å². The van der Waals surface area contributed by atoms with Crippen molar-refractivity contribution in [1.29, 1.82) is 0 Å². The van der Waals surface area contributed by atoms with Crippen molar-refractivity contribution in [1.82, 2.24) is 14.7 Å². The van der Waals surface area contributed by atoms with Gasteiger partial charge in [0.25, 0.3) is 5.91 Å². The zero-order chi connectivity index (χ0) is 18.1. The second-order valence-corrected chi connectivity index (χ2v) is 9.05. The van der Waals surface area contributed by atoms with Gasteiger partial charge in [0, 0.05) is 44.1 Å². The lowest BCUT2D eigenvalue weighted by atomic mass is 9.85. The molecular weight excluding hydrogens is 346 g/mol. The average molecular weight is 378 g/mol. The molecule has 2 fully saturated rings. The molecule has 0 atom stereocenters. The number of likely N-dealkylation sites (tertiary alicyclic amines) is 1. The van der Waals surface area contributed by atoms with Crippen molar-refractivity contribution in [3.63, 3.8) is 0 Å². The summed E-state index contributed by atoms with van der Waals surface area (Å²) in [5.41, 5.74) is 1.23. The summed E-state index contributed by atoms with van der Waals surface area (Å²) < 4.78 is 6.36. The van der Waals surface area contributed by atoms with Crippen LogP contribution in [0.2, 0.25) is 0 Å². The minimum atomic E-state index is -0.136. The van der Waals surface area contributed by atoms with Gasteiger partial charge in [-0.3, -0.25) is 4.79 Å². The summed E-state index contributed by atoms with van der Waals surface area (Å²) in [4.78, 5) is 22.1. The number of hydrogen-bond acceptors (Lipinski definition) is 5. The van der Waals surface area contributed by atoms with Crippen LogP contribution in [0, 0.1) is 0 Å². The normalized spacial score (nSPS) is 24.0. The summed E-state index contributed by atoms with van der Waals surface area (Å²) >= 11 is 1.71. The molecule has 3 aliphatic rings. The Balaban J connectivity index is 1.52. The molecule has 144 valence electrons. The van der Waals surface area contributed by atoms with Gasteiger partial charge in [-0.25, -0.2) is 0 Å². The third kappa shape index (κ3) is 3.44. The van der Waals surface area contributed by atoms with Crippen LogP contribution in [0.5, 0.6) is 0 Å². The maximum Gasteiger partial charge on any atom is 0.264 e. The quantitative estimate of drug-likeness (QED) is 0.811. The molecule has 0 saturated carbocycles. The maximum absolute atomic E-state index is 13.0. The van der Waals surface area contributed by atoms with Crippen molar-refractivity contribution in [2.24, 2.45) is 0 Å². The monoisotopic (exact) mass is 377 g/mol. The zero-order valence-corrected chi connectivity index (χ0v) is 16.9. The SMILES string of the molecule is CCCN1CCC2(CC1)OCCc1cc(C(=O)N3CCN(C)CC3)sc12. The van der Waals surface area contributed by atoms with Gasteiger partial charge in [-0.2, -0.15) is 0 Å². The largest absolute Gasteiger partial charge is 0.369 e. The maximum atomic E-state index is 13.0. The Kier molecular flexibility index (Phi) is 5.37. The summed E-state index contributed by atoms with van der Waals surface area (Å²) in [5.74, 6) is 0.219. The summed E-state index contributed by atoms with van der Waals surface area (Å²) in [5, 5.41) is 0. The number of carbonyl (C=O) groups is 1. The molecule has 0 radical (unpaired) electrons. The van der Waals surface area contributed by atoms with Crippen molar-refractivity contribution in [3.05, 3.63) is 21.4 Å². The smallest absolute Gasteiger partial charge is 0.264 e. The van der Waals surface area contributed by atoms with Gasteiger partial charge in [-0.05, 0) is 50.9 Å². The van der Waals surface area contributed by atoms with Crippen molar-refractivity contribution >= 4 is 17.2 Å². The van der Waals surface area contributed by atoms with Crippen LogP contribution in [-0.4, -0.2) is 80.1 Å². The minimum absolute atomic E-state index is 0.136. The molecule has 1 spiro atoms. The van der Waals surface area contributed by atoms with E-state index in [1.165, 1.54) is 23.4 Å². The van der Waals surface area contributed by atoms with Crippen molar-refractivity contribution in [2.75, 3.05) is 59.5 Å². The zero-order valence-electron chi connectivity index (χ0n) is 16.1. The van der Waals surface area contributed by atoms with Crippen LogP contribution in [0.3, 0.4) is 0 Å². The molecule has 0 bridgehead atoms. The van der Waals surface area contributed by atoms with Crippen LogP contribution < -0.4 is 0 Å². The Morgan fingerprint density at radius 1 is 1.19 bits per heavy atom. The number of fused-ring (bicyclic) bond motifs is 2. The molecule has 4 heterocycles. The Bertz CT molecular complexity index is 643. The van der Waals surface area contributed by atoms with E-state index >= 15 is 0 Å². The first-order valence-corrected chi connectivity index (χ1v) is 10.9. The number of rotatable bonds is 3. The van der Waals surface area contributed by atoms with E-state index in [4.69, 9.17) is 4.74 Å². The van der Waals surface area contributed by atoms with Crippen LogP contribution in [0.15, 0.2) is 6.07 Å². The molecule has 0 aliphatic carbocycles. The second kappa shape index (κ2) is 7.58. The molecular formula is C20H31N3O2S. The topological polar surface area (TPSA) is 36.0 Å². The van der Waals surface area contributed by atoms with Gasteiger partial charge in [-0.1, -0.05) is 6.92 Å². The Hall–Kier alpha value is -0.950. The highest BCUT2D eigenvalue weighted by molar-refractivity contribution is 7.14. The predicted octanol–water partition coefficient (Wildman–Crippen LogP) is 2.41. The third-order valence-corrected chi connectivity index (χ3v) is 7.53. The van der Waals surface area contributed by atoms with E-state index in [0.717, 1.165) is 70.0 Å². The highest BCUT2D eigenvalue weighted by Gasteiger charge is 2.42. The third-order valence-electron chi connectivity index (χ3n) is 6.18. The Morgan fingerprint density at radius 2 is 1.92 bits per heavy atom. The molecule has 6 heteroatoms. The number of amides is 1.